The molecule has 0 fully saturated rings. The van der Waals surface area contributed by atoms with E-state index in [0.717, 1.165) is 21.6 Å². The number of benzene rings is 1. The highest BCUT2D eigenvalue weighted by Gasteiger charge is 2.38. The Morgan fingerprint density at radius 1 is 1.12 bits per heavy atom. The molecular formula is C18H13F7N6O. The molecule has 0 atom stereocenters. The summed E-state index contributed by atoms with van der Waals surface area (Å²) in [4.78, 5) is 3.97. The third-order valence-electron chi connectivity index (χ3n) is 4.54. The van der Waals surface area contributed by atoms with Gasteiger partial charge in [-0.2, -0.15) is 36.5 Å². The van der Waals surface area contributed by atoms with Crippen LogP contribution in [0.1, 0.15) is 17.1 Å². The van der Waals surface area contributed by atoms with Crippen molar-refractivity contribution in [1.82, 2.24) is 24.3 Å². The van der Waals surface area contributed by atoms with Crippen molar-refractivity contribution in [2.45, 2.75) is 25.6 Å². The van der Waals surface area contributed by atoms with E-state index in [4.69, 9.17) is 4.74 Å². The standard InChI is InChI=1S/C18H13F7N6O/c1-29-6-11(16(28-29)17(20,21)22)8-32-14-4-10(2-3-12(14)19)13-5-26-15-7-30(18(23,24)25)9-27-31(13)15/h2-6,9H,7-8H2,1H3. The van der Waals surface area contributed by atoms with E-state index < -0.39 is 37.1 Å². The molecule has 0 unspecified atom stereocenters. The summed E-state index contributed by atoms with van der Waals surface area (Å²) >= 11 is 0. The quantitative estimate of drug-likeness (QED) is 0.432. The van der Waals surface area contributed by atoms with E-state index in [2.05, 4.69) is 15.2 Å². The molecule has 32 heavy (non-hydrogen) atoms. The first-order chi connectivity index (χ1) is 14.9. The number of rotatable bonds is 4. The van der Waals surface area contributed by atoms with Crippen LogP contribution in [-0.4, -0.2) is 37.0 Å². The van der Waals surface area contributed by atoms with Crippen molar-refractivity contribution in [3.8, 4) is 17.0 Å². The first-order valence-electron chi connectivity index (χ1n) is 8.90. The maximum absolute atomic E-state index is 14.2. The topological polar surface area (TPSA) is 60.5 Å². The summed E-state index contributed by atoms with van der Waals surface area (Å²) in [5.41, 5.74) is -0.895. The predicted octanol–water partition coefficient (Wildman–Crippen LogP) is 4.15. The normalized spacial score (nSPS) is 14.1. The van der Waals surface area contributed by atoms with Gasteiger partial charge < -0.3 is 4.74 Å². The van der Waals surface area contributed by atoms with Crippen molar-refractivity contribution in [1.29, 1.82) is 0 Å². The Kier molecular flexibility index (Phi) is 5.09. The van der Waals surface area contributed by atoms with Gasteiger partial charge in [0.05, 0.1) is 18.4 Å². The van der Waals surface area contributed by atoms with E-state index in [1.165, 1.54) is 25.4 Å². The number of ether oxygens (including phenoxy) is 1. The molecule has 1 aliphatic heterocycles. The van der Waals surface area contributed by atoms with E-state index in [1.807, 2.05) is 0 Å². The SMILES string of the molecule is Cn1cc(COc2cc(-c3cnc4n3N=CN(C(F)(F)F)C4)ccc2F)c(C(F)(F)F)n1. The van der Waals surface area contributed by atoms with Crippen LogP contribution in [0, 0.1) is 5.82 Å². The van der Waals surface area contributed by atoms with Gasteiger partial charge in [0.25, 0.3) is 0 Å². The summed E-state index contributed by atoms with van der Waals surface area (Å²) in [6.45, 7) is -1.18. The van der Waals surface area contributed by atoms with Gasteiger partial charge in [0.2, 0.25) is 0 Å². The number of alkyl halides is 6. The van der Waals surface area contributed by atoms with Crippen LogP contribution in [-0.2, 0) is 26.4 Å². The van der Waals surface area contributed by atoms with Gasteiger partial charge in [-0.05, 0) is 18.2 Å². The van der Waals surface area contributed by atoms with E-state index in [9.17, 15) is 30.7 Å². The molecule has 3 heterocycles. The van der Waals surface area contributed by atoms with Gasteiger partial charge in [0, 0.05) is 24.4 Å². The highest BCUT2D eigenvalue weighted by molar-refractivity contribution is 5.64. The number of hydrogen-bond acceptors (Lipinski definition) is 5. The number of nitrogens with zero attached hydrogens (tertiary/aromatic N) is 6. The number of imidazole rings is 1. The van der Waals surface area contributed by atoms with Gasteiger partial charge in [0.1, 0.15) is 18.8 Å². The lowest BCUT2D eigenvalue weighted by atomic mass is 10.1. The molecule has 1 aromatic carbocycles. The minimum atomic E-state index is -4.71. The van der Waals surface area contributed by atoms with Crippen molar-refractivity contribution in [3.63, 3.8) is 0 Å². The average Bonchev–Trinajstić information content (AvgIpc) is 3.29. The Morgan fingerprint density at radius 2 is 1.88 bits per heavy atom. The fourth-order valence-electron chi connectivity index (χ4n) is 3.09. The lowest BCUT2D eigenvalue weighted by molar-refractivity contribution is -0.220. The molecule has 7 nitrogen and oxygen atoms in total. The van der Waals surface area contributed by atoms with Gasteiger partial charge in [-0.1, -0.05) is 0 Å². The zero-order valence-electron chi connectivity index (χ0n) is 16.1. The molecule has 170 valence electrons. The fraction of sp³-hybridized carbons (Fsp3) is 0.278. The molecule has 2 aromatic heterocycles. The van der Waals surface area contributed by atoms with Gasteiger partial charge >= 0.3 is 12.5 Å². The molecule has 14 heteroatoms. The summed E-state index contributed by atoms with van der Waals surface area (Å²) < 4.78 is 99.4. The summed E-state index contributed by atoms with van der Waals surface area (Å²) in [6.07, 6.45) is -6.37. The molecule has 0 bridgehead atoms. The van der Waals surface area contributed by atoms with Gasteiger partial charge in [-0.25, -0.2) is 14.1 Å². The molecular weight excluding hydrogens is 449 g/mol. The van der Waals surface area contributed by atoms with Crippen molar-refractivity contribution >= 4 is 6.34 Å². The van der Waals surface area contributed by atoms with Crippen LogP contribution in [0.2, 0.25) is 0 Å². The molecule has 0 N–H and O–H groups in total. The van der Waals surface area contributed by atoms with Crippen LogP contribution < -0.4 is 4.74 Å². The number of aromatic nitrogens is 4. The lowest BCUT2D eigenvalue weighted by Crippen LogP contribution is -2.39. The van der Waals surface area contributed by atoms with Crippen molar-refractivity contribution in [2.24, 2.45) is 12.1 Å². The van der Waals surface area contributed by atoms with Crippen molar-refractivity contribution in [2.75, 3.05) is 0 Å². The molecule has 0 aliphatic carbocycles. The van der Waals surface area contributed by atoms with E-state index in [1.54, 1.807) is 0 Å². The lowest BCUT2D eigenvalue weighted by Gasteiger charge is -2.25. The average molecular weight is 462 g/mol. The smallest absolute Gasteiger partial charge is 0.486 e. The molecule has 0 spiro atoms. The second-order valence-corrected chi connectivity index (χ2v) is 6.81. The van der Waals surface area contributed by atoms with Gasteiger partial charge in [0.15, 0.2) is 17.3 Å². The van der Waals surface area contributed by atoms with Crippen molar-refractivity contribution in [3.05, 3.63) is 53.5 Å². The summed E-state index contributed by atoms with van der Waals surface area (Å²) in [5, 5.41) is 7.08. The Morgan fingerprint density at radius 3 is 2.56 bits per heavy atom. The van der Waals surface area contributed by atoms with E-state index in [-0.39, 0.29) is 27.7 Å². The second kappa shape index (κ2) is 7.53. The van der Waals surface area contributed by atoms with Crippen LogP contribution >= 0.6 is 0 Å². The molecule has 3 aromatic rings. The maximum Gasteiger partial charge on any atom is 0.486 e. The first-order valence-corrected chi connectivity index (χ1v) is 8.90. The minimum absolute atomic E-state index is 0.00297. The Labute approximate surface area is 175 Å². The number of hydrogen-bond donors (Lipinski definition) is 0. The number of aryl methyl sites for hydroxylation is 1. The maximum atomic E-state index is 14.2. The van der Waals surface area contributed by atoms with Crippen LogP contribution in [0.3, 0.4) is 0 Å². The molecule has 0 radical (unpaired) electrons. The van der Waals surface area contributed by atoms with Gasteiger partial charge in [-0.3, -0.25) is 9.58 Å². The van der Waals surface area contributed by atoms with E-state index >= 15 is 0 Å². The first kappa shape index (κ1) is 21.6. The van der Waals surface area contributed by atoms with Gasteiger partial charge in [-0.15, -0.1) is 0 Å². The van der Waals surface area contributed by atoms with Crippen LogP contribution in [0.4, 0.5) is 30.7 Å². The Balaban J connectivity index is 1.59. The van der Waals surface area contributed by atoms with Crippen LogP contribution in [0.5, 0.6) is 5.75 Å². The number of halogens is 7. The zero-order valence-corrected chi connectivity index (χ0v) is 16.1. The van der Waals surface area contributed by atoms with Crippen molar-refractivity contribution < 1.29 is 35.5 Å². The molecule has 1 aliphatic rings. The van der Waals surface area contributed by atoms with E-state index in [0.29, 0.717) is 11.9 Å². The van der Waals surface area contributed by atoms with Crippen LogP contribution in [0.15, 0.2) is 35.7 Å². The summed E-state index contributed by atoms with van der Waals surface area (Å²) in [6, 6.07) is 3.55. The highest BCUT2D eigenvalue weighted by atomic mass is 19.4. The minimum Gasteiger partial charge on any atom is -0.486 e. The monoisotopic (exact) mass is 462 g/mol. The Bertz CT molecular complexity index is 1180. The fourth-order valence-corrected chi connectivity index (χ4v) is 3.09. The third-order valence-corrected chi connectivity index (χ3v) is 4.54. The largest absolute Gasteiger partial charge is 0.486 e. The third kappa shape index (κ3) is 4.11. The Hall–Kier alpha value is -3.58. The molecule has 0 amide bonds. The molecule has 0 saturated heterocycles. The molecule has 0 saturated carbocycles. The van der Waals surface area contributed by atoms with Crippen LogP contribution in [0.25, 0.3) is 11.3 Å². The predicted molar refractivity (Wildman–Crippen MR) is 95.7 cm³/mol. The zero-order chi connectivity index (χ0) is 23.3. The summed E-state index contributed by atoms with van der Waals surface area (Å²) in [5.74, 6) is -1.19. The summed E-state index contributed by atoms with van der Waals surface area (Å²) in [7, 11) is 1.31. The highest BCUT2D eigenvalue weighted by Crippen LogP contribution is 2.33. The second-order valence-electron chi connectivity index (χ2n) is 6.81. The molecule has 4 rings (SSSR count). The number of fused-ring (bicyclic) bond motifs is 1.